The average Bonchev–Trinajstić information content (AvgIpc) is 3.14. The van der Waals surface area contributed by atoms with Gasteiger partial charge in [0.15, 0.2) is 0 Å². The number of para-hydroxylation sites is 1. The van der Waals surface area contributed by atoms with Gasteiger partial charge in [0.05, 0.1) is 17.8 Å². The molecule has 3 rings (SSSR count). The van der Waals surface area contributed by atoms with Gasteiger partial charge in [0.2, 0.25) is 5.91 Å². The summed E-state index contributed by atoms with van der Waals surface area (Å²) in [6, 6.07) is 8.16. The third kappa shape index (κ3) is 3.47. The van der Waals surface area contributed by atoms with E-state index in [0.29, 0.717) is 13.0 Å². The van der Waals surface area contributed by atoms with Gasteiger partial charge in [0, 0.05) is 24.9 Å². The number of likely N-dealkylation sites (tertiary alicyclic amines) is 1. The van der Waals surface area contributed by atoms with Crippen LogP contribution in [0, 0.1) is 6.92 Å². The topological polar surface area (TPSA) is 50.2 Å². The van der Waals surface area contributed by atoms with Crippen molar-refractivity contribution in [2.45, 2.75) is 32.7 Å². The van der Waals surface area contributed by atoms with Gasteiger partial charge in [-0.15, -0.1) is 0 Å². The Hall–Kier alpha value is -1.88. The fraction of sp³-hybridized carbons (Fsp3) is 0.529. The summed E-state index contributed by atoms with van der Waals surface area (Å²) in [4.78, 5) is 14.4. The van der Waals surface area contributed by atoms with E-state index in [-0.39, 0.29) is 5.91 Å². The molecule has 5 nitrogen and oxygen atoms in total. The van der Waals surface area contributed by atoms with Gasteiger partial charge >= 0.3 is 0 Å². The lowest BCUT2D eigenvalue weighted by Crippen LogP contribution is -2.33. The Labute approximate surface area is 131 Å². The van der Waals surface area contributed by atoms with E-state index in [1.54, 1.807) is 0 Å². The lowest BCUT2D eigenvalue weighted by atomic mass is 10.2. The van der Waals surface area contributed by atoms with Crippen LogP contribution in [-0.4, -0.2) is 46.8 Å². The van der Waals surface area contributed by atoms with Crippen molar-refractivity contribution in [2.75, 3.05) is 26.2 Å². The second-order valence-electron chi connectivity index (χ2n) is 5.97. The number of amides is 1. The van der Waals surface area contributed by atoms with Gasteiger partial charge in [0.25, 0.3) is 0 Å². The molecule has 0 unspecified atom stereocenters. The first-order valence-corrected chi connectivity index (χ1v) is 8.15. The SMILES string of the molecule is Cc1nn(CCC(=O)NCCN2CCCC2)c2ccccc12. The Bertz CT molecular complexity index is 643. The summed E-state index contributed by atoms with van der Waals surface area (Å²) in [6.07, 6.45) is 3.06. The van der Waals surface area contributed by atoms with Crippen LogP contribution < -0.4 is 5.32 Å². The van der Waals surface area contributed by atoms with Crippen molar-refractivity contribution in [3.63, 3.8) is 0 Å². The minimum absolute atomic E-state index is 0.108. The predicted molar refractivity (Wildman–Crippen MR) is 87.8 cm³/mol. The largest absolute Gasteiger partial charge is 0.355 e. The smallest absolute Gasteiger partial charge is 0.221 e. The van der Waals surface area contributed by atoms with Crippen molar-refractivity contribution < 1.29 is 4.79 Å². The van der Waals surface area contributed by atoms with Crippen molar-refractivity contribution in [3.05, 3.63) is 30.0 Å². The maximum atomic E-state index is 12.0. The highest BCUT2D eigenvalue weighted by atomic mass is 16.1. The zero-order valence-corrected chi connectivity index (χ0v) is 13.2. The minimum Gasteiger partial charge on any atom is -0.355 e. The molecule has 2 heterocycles. The van der Waals surface area contributed by atoms with Gasteiger partial charge in [-0.2, -0.15) is 5.10 Å². The molecule has 1 aromatic carbocycles. The molecule has 1 N–H and O–H groups in total. The molecule has 0 bridgehead atoms. The van der Waals surface area contributed by atoms with Gasteiger partial charge in [-0.05, 0) is 38.9 Å². The molecule has 5 heteroatoms. The van der Waals surface area contributed by atoms with Gasteiger partial charge in [-0.25, -0.2) is 0 Å². The molecular formula is C17H24N4O. The van der Waals surface area contributed by atoms with Crippen molar-refractivity contribution in [1.82, 2.24) is 20.0 Å². The standard InChI is InChI=1S/C17H24N4O/c1-14-15-6-2-3-7-16(15)21(19-14)12-8-17(22)18-9-13-20-10-4-5-11-20/h2-3,6-7H,4-5,8-13H2,1H3,(H,18,22). The molecule has 22 heavy (non-hydrogen) atoms. The number of nitrogens with one attached hydrogen (secondary N) is 1. The molecule has 0 spiro atoms. The molecule has 0 radical (unpaired) electrons. The summed E-state index contributed by atoms with van der Waals surface area (Å²) in [7, 11) is 0. The molecule has 0 saturated carbocycles. The normalized spacial score (nSPS) is 15.5. The van der Waals surface area contributed by atoms with E-state index in [0.717, 1.165) is 29.7 Å². The third-order valence-electron chi connectivity index (χ3n) is 4.34. The number of carbonyl (C=O) groups excluding carboxylic acids is 1. The Morgan fingerprint density at radius 2 is 2.00 bits per heavy atom. The van der Waals surface area contributed by atoms with E-state index in [2.05, 4.69) is 27.4 Å². The molecule has 1 aliphatic rings. The van der Waals surface area contributed by atoms with Gasteiger partial charge in [0.1, 0.15) is 0 Å². The molecule has 0 atom stereocenters. The van der Waals surface area contributed by atoms with Crippen LogP contribution in [0.4, 0.5) is 0 Å². The predicted octanol–water partition coefficient (Wildman–Crippen LogP) is 1.95. The number of hydrogen-bond donors (Lipinski definition) is 1. The lowest BCUT2D eigenvalue weighted by molar-refractivity contribution is -0.121. The van der Waals surface area contributed by atoms with E-state index in [1.807, 2.05) is 23.7 Å². The fourth-order valence-corrected chi connectivity index (χ4v) is 3.12. The number of aryl methyl sites for hydroxylation is 2. The number of nitrogens with zero attached hydrogens (tertiary/aromatic N) is 3. The molecule has 2 aromatic rings. The first-order chi connectivity index (χ1) is 10.7. The zero-order valence-electron chi connectivity index (χ0n) is 13.2. The Morgan fingerprint density at radius 1 is 1.23 bits per heavy atom. The third-order valence-corrected chi connectivity index (χ3v) is 4.34. The van der Waals surface area contributed by atoms with Crippen LogP contribution in [0.3, 0.4) is 0 Å². The van der Waals surface area contributed by atoms with Gasteiger partial charge in [-0.3, -0.25) is 9.48 Å². The summed E-state index contributed by atoms with van der Waals surface area (Å²) in [5.74, 6) is 0.108. The molecule has 118 valence electrons. The van der Waals surface area contributed by atoms with Crippen LogP contribution in [0.2, 0.25) is 0 Å². The molecule has 1 saturated heterocycles. The molecular weight excluding hydrogens is 276 g/mol. The van der Waals surface area contributed by atoms with E-state index < -0.39 is 0 Å². The first-order valence-electron chi connectivity index (χ1n) is 8.15. The molecule has 1 aromatic heterocycles. The van der Waals surface area contributed by atoms with E-state index >= 15 is 0 Å². The first kappa shape index (κ1) is 15.0. The van der Waals surface area contributed by atoms with E-state index in [9.17, 15) is 4.79 Å². The average molecular weight is 300 g/mol. The summed E-state index contributed by atoms with van der Waals surface area (Å²) >= 11 is 0. The summed E-state index contributed by atoms with van der Waals surface area (Å²) in [5.41, 5.74) is 2.12. The second-order valence-corrected chi connectivity index (χ2v) is 5.97. The fourth-order valence-electron chi connectivity index (χ4n) is 3.12. The minimum atomic E-state index is 0.108. The van der Waals surface area contributed by atoms with Crippen LogP contribution >= 0.6 is 0 Å². The van der Waals surface area contributed by atoms with Crippen molar-refractivity contribution >= 4 is 16.8 Å². The Balaban J connectivity index is 1.47. The van der Waals surface area contributed by atoms with Crippen molar-refractivity contribution in [3.8, 4) is 0 Å². The Morgan fingerprint density at radius 3 is 2.82 bits per heavy atom. The van der Waals surface area contributed by atoms with Crippen LogP contribution in [0.5, 0.6) is 0 Å². The van der Waals surface area contributed by atoms with Gasteiger partial charge in [-0.1, -0.05) is 18.2 Å². The maximum Gasteiger partial charge on any atom is 0.221 e. The summed E-state index contributed by atoms with van der Waals surface area (Å²) in [6.45, 7) is 6.70. The van der Waals surface area contributed by atoms with E-state index in [1.165, 1.54) is 25.9 Å². The number of hydrogen-bond acceptors (Lipinski definition) is 3. The Kier molecular flexibility index (Phi) is 4.73. The monoisotopic (exact) mass is 300 g/mol. The van der Waals surface area contributed by atoms with Crippen LogP contribution in [-0.2, 0) is 11.3 Å². The quantitative estimate of drug-likeness (QED) is 0.887. The van der Waals surface area contributed by atoms with Crippen LogP contribution in [0.25, 0.3) is 10.9 Å². The van der Waals surface area contributed by atoms with Crippen molar-refractivity contribution in [2.24, 2.45) is 0 Å². The number of fused-ring (bicyclic) bond motifs is 1. The molecule has 1 fully saturated rings. The van der Waals surface area contributed by atoms with Gasteiger partial charge < -0.3 is 10.2 Å². The zero-order chi connectivity index (χ0) is 15.4. The highest BCUT2D eigenvalue weighted by Crippen LogP contribution is 2.17. The number of carbonyl (C=O) groups is 1. The maximum absolute atomic E-state index is 12.0. The summed E-state index contributed by atoms with van der Waals surface area (Å²) in [5, 5.41) is 8.71. The van der Waals surface area contributed by atoms with Crippen LogP contribution in [0.1, 0.15) is 25.0 Å². The van der Waals surface area contributed by atoms with Crippen LogP contribution in [0.15, 0.2) is 24.3 Å². The highest BCUT2D eigenvalue weighted by molar-refractivity contribution is 5.82. The van der Waals surface area contributed by atoms with E-state index in [4.69, 9.17) is 0 Å². The number of aromatic nitrogens is 2. The number of benzene rings is 1. The highest BCUT2D eigenvalue weighted by Gasteiger charge is 2.12. The molecule has 1 amide bonds. The summed E-state index contributed by atoms with van der Waals surface area (Å²) < 4.78 is 1.94. The lowest BCUT2D eigenvalue weighted by Gasteiger charge is -2.14. The van der Waals surface area contributed by atoms with Crippen molar-refractivity contribution in [1.29, 1.82) is 0 Å². The molecule has 0 aliphatic carbocycles. The second kappa shape index (κ2) is 6.92. The molecule has 1 aliphatic heterocycles. The number of rotatable bonds is 6.